The maximum Gasteiger partial charge on any atom is 0.357 e. The lowest BCUT2D eigenvalue weighted by Gasteiger charge is -2.33. The Hall–Kier alpha value is -2.41. The molecule has 0 radical (unpaired) electrons. The summed E-state index contributed by atoms with van der Waals surface area (Å²) in [4.78, 5) is 27.9. The van der Waals surface area contributed by atoms with Crippen molar-refractivity contribution in [2.75, 3.05) is 38.6 Å². The van der Waals surface area contributed by atoms with Crippen LogP contribution in [-0.2, 0) is 7.05 Å². The molecule has 0 bridgehead atoms. The van der Waals surface area contributed by atoms with E-state index in [1.54, 1.807) is 7.05 Å². The quantitative estimate of drug-likeness (QED) is 0.628. The molecule has 2 heterocycles. The minimum atomic E-state index is -0.564. The summed E-state index contributed by atoms with van der Waals surface area (Å²) in [7, 11) is 5.53. The van der Waals surface area contributed by atoms with Crippen molar-refractivity contribution in [3.8, 4) is 0 Å². The standard InChI is InChI=1S/C18H24N4O3/c1-19-10-6-7-13(11-19)12-20(2)16-14-8-4-5-9-15(14)21(3)18(23)17(16)22(24)25/h4-5,8-9,13H,6-7,10-12H2,1-3H3/t13-/m0/s1. The molecule has 0 unspecified atom stereocenters. The number of nitrogens with zero attached hydrogens (tertiary/aromatic N) is 4. The Morgan fingerprint density at radius 1 is 1.32 bits per heavy atom. The van der Waals surface area contributed by atoms with Gasteiger partial charge in [-0.1, -0.05) is 18.2 Å². The molecule has 134 valence electrons. The molecule has 7 nitrogen and oxygen atoms in total. The fourth-order valence-corrected chi connectivity index (χ4v) is 3.92. The normalized spacial score (nSPS) is 18.4. The van der Waals surface area contributed by atoms with Crippen LogP contribution in [0.3, 0.4) is 0 Å². The zero-order chi connectivity index (χ0) is 18.1. The highest BCUT2D eigenvalue weighted by Crippen LogP contribution is 2.33. The second-order valence-electron chi connectivity index (χ2n) is 6.99. The molecule has 3 rings (SSSR count). The van der Waals surface area contributed by atoms with Crippen LogP contribution in [0.5, 0.6) is 0 Å². The van der Waals surface area contributed by atoms with Gasteiger partial charge < -0.3 is 14.4 Å². The summed E-state index contributed by atoms with van der Waals surface area (Å²) in [6.45, 7) is 2.76. The molecule has 2 aromatic rings. The second kappa shape index (κ2) is 6.84. The van der Waals surface area contributed by atoms with Crippen molar-refractivity contribution in [1.82, 2.24) is 9.47 Å². The first-order valence-corrected chi connectivity index (χ1v) is 8.56. The number of rotatable bonds is 4. The maximum absolute atomic E-state index is 12.6. The van der Waals surface area contributed by atoms with Gasteiger partial charge >= 0.3 is 11.2 Å². The van der Waals surface area contributed by atoms with Gasteiger partial charge in [0, 0.05) is 32.6 Å². The first kappa shape index (κ1) is 17.4. The van der Waals surface area contributed by atoms with Gasteiger partial charge in [0.2, 0.25) is 0 Å². The number of benzene rings is 1. The van der Waals surface area contributed by atoms with Crippen LogP contribution in [-0.4, -0.2) is 48.1 Å². The molecule has 1 saturated heterocycles. The van der Waals surface area contributed by atoms with E-state index in [9.17, 15) is 14.9 Å². The number of pyridine rings is 1. The highest BCUT2D eigenvalue weighted by Gasteiger charge is 2.29. The lowest BCUT2D eigenvalue weighted by atomic mass is 9.97. The molecule has 1 aromatic heterocycles. The number of piperidine rings is 1. The van der Waals surface area contributed by atoms with E-state index in [0.29, 0.717) is 23.7 Å². The van der Waals surface area contributed by atoms with Crippen molar-refractivity contribution < 1.29 is 4.92 Å². The van der Waals surface area contributed by atoms with Crippen molar-refractivity contribution in [2.45, 2.75) is 12.8 Å². The Kier molecular flexibility index (Phi) is 4.76. The highest BCUT2D eigenvalue weighted by molar-refractivity contribution is 5.96. The number of anilines is 1. The summed E-state index contributed by atoms with van der Waals surface area (Å²) >= 11 is 0. The largest absolute Gasteiger partial charge is 0.368 e. The van der Waals surface area contributed by atoms with E-state index in [4.69, 9.17) is 0 Å². The number of aryl methyl sites for hydroxylation is 1. The summed E-state index contributed by atoms with van der Waals surface area (Å²) in [6.07, 6.45) is 2.24. The molecule has 7 heteroatoms. The van der Waals surface area contributed by atoms with E-state index in [2.05, 4.69) is 11.9 Å². The van der Waals surface area contributed by atoms with E-state index >= 15 is 0 Å². The van der Waals surface area contributed by atoms with Crippen LogP contribution >= 0.6 is 0 Å². The summed E-state index contributed by atoms with van der Waals surface area (Å²) in [5.41, 5.74) is 0.233. The fraction of sp³-hybridized carbons (Fsp3) is 0.500. The first-order chi connectivity index (χ1) is 11.9. The van der Waals surface area contributed by atoms with Gasteiger partial charge in [0.25, 0.3) is 0 Å². The molecule has 0 N–H and O–H groups in total. The number of nitro groups is 1. The van der Waals surface area contributed by atoms with Gasteiger partial charge in [0.15, 0.2) is 0 Å². The Balaban J connectivity index is 2.10. The molecular weight excluding hydrogens is 320 g/mol. The van der Waals surface area contributed by atoms with E-state index in [0.717, 1.165) is 31.3 Å². The highest BCUT2D eigenvalue weighted by atomic mass is 16.6. The molecular formula is C18H24N4O3. The van der Waals surface area contributed by atoms with E-state index in [-0.39, 0.29) is 5.69 Å². The average Bonchev–Trinajstić information content (AvgIpc) is 2.57. The van der Waals surface area contributed by atoms with Crippen molar-refractivity contribution in [3.63, 3.8) is 0 Å². The number of hydrogen-bond donors (Lipinski definition) is 0. The molecule has 1 atom stereocenters. The lowest BCUT2D eigenvalue weighted by molar-refractivity contribution is -0.385. The average molecular weight is 344 g/mol. The topological polar surface area (TPSA) is 71.6 Å². The van der Waals surface area contributed by atoms with Crippen LogP contribution in [0.1, 0.15) is 12.8 Å². The van der Waals surface area contributed by atoms with Crippen LogP contribution in [0.25, 0.3) is 10.9 Å². The molecule has 0 saturated carbocycles. The first-order valence-electron chi connectivity index (χ1n) is 8.56. The Morgan fingerprint density at radius 3 is 2.72 bits per heavy atom. The van der Waals surface area contributed by atoms with Crippen LogP contribution in [0.2, 0.25) is 0 Å². The van der Waals surface area contributed by atoms with Crippen LogP contribution in [0.4, 0.5) is 11.4 Å². The third-order valence-electron chi connectivity index (χ3n) is 5.07. The van der Waals surface area contributed by atoms with E-state index in [1.165, 1.54) is 4.57 Å². The Morgan fingerprint density at radius 2 is 2.04 bits per heavy atom. The van der Waals surface area contributed by atoms with Gasteiger partial charge in [-0.2, -0.15) is 0 Å². The van der Waals surface area contributed by atoms with Crippen LogP contribution in [0, 0.1) is 16.0 Å². The van der Waals surface area contributed by atoms with Crippen LogP contribution < -0.4 is 10.5 Å². The van der Waals surface area contributed by atoms with E-state index < -0.39 is 10.5 Å². The molecule has 1 aliphatic rings. The minimum Gasteiger partial charge on any atom is -0.368 e. The summed E-state index contributed by atoms with van der Waals surface area (Å²) in [5, 5.41) is 12.4. The number of fused-ring (bicyclic) bond motifs is 1. The Bertz CT molecular complexity index is 861. The van der Waals surface area contributed by atoms with Gasteiger partial charge in [-0.3, -0.25) is 14.9 Å². The zero-order valence-corrected chi connectivity index (χ0v) is 14.9. The predicted octanol–water partition coefficient (Wildman–Crippen LogP) is 2.22. The third kappa shape index (κ3) is 3.24. The molecule has 25 heavy (non-hydrogen) atoms. The van der Waals surface area contributed by atoms with Crippen molar-refractivity contribution in [2.24, 2.45) is 13.0 Å². The summed E-state index contributed by atoms with van der Waals surface area (Å²) < 4.78 is 1.36. The third-order valence-corrected chi connectivity index (χ3v) is 5.07. The van der Waals surface area contributed by atoms with Crippen LogP contribution in [0.15, 0.2) is 29.1 Å². The second-order valence-corrected chi connectivity index (χ2v) is 6.99. The van der Waals surface area contributed by atoms with E-state index in [1.807, 2.05) is 36.2 Å². The maximum atomic E-state index is 12.6. The molecule has 0 aliphatic carbocycles. The van der Waals surface area contributed by atoms with Gasteiger partial charge in [-0.15, -0.1) is 0 Å². The minimum absolute atomic E-state index is 0.340. The van der Waals surface area contributed by atoms with Gasteiger partial charge in [0.1, 0.15) is 5.69 Å². The van der Waals surface area contributed by atoms with Gasteiger partial charge in [-0.05, 0) is 38.4 Å². The van der Waals surface area contributed by atoms with Crippen molar-refractivity contribution >= 4 is 22.3 Å². The molecule has 1 aromatic carbocycles. The van der Waals surface area contributed by atoms with Crippen molar-refractivity contribution in [1.29, 1.82) is 0 Å². The molecule has 1 fully saturated rings. The molecule has 0 spiro atoms. The Labute approximate surface area is 146 Å². The van der Waals surface area contributed by atoms with Gasteiger partial charge in [0.05, 0.1) is 10.4 Å². The fourth-order valence-electron chi connectivity index (χ4n) is 3.92. The monoisotopic (exact) mass is 344 g/mol. The zero-order valence-electron chi connectivity index (χ0n) is 14.9. The molecule has 0 amide bonds. The lowest BCUT2D eigenvalue weighted by Crippen LogP contribution is -2.38. The summed E-state index contributed by atoms with van der Waals surface area (Å²) in [6, 6.07) is 7.36. The number of hydrogen-bond acceptors (Lipinski definition) is 5. The summed E-state index contributed by atoms with van der Waals surface area (Å²) in [5.74, 6) is 0.436. The number of aromatic nitrogens is 1. The molecule has 1 aliphatic heterocycles. The SMILES string of the molecule is CN1CCC[C@H](CN(C)c2c([N+](=O)[O-])c(=O)n(C)c3ccccc23)C1. The predicted molar refractivity (Wildman–Crippen MR) is 99.3 cm³/mol. The van der Waals surface area contributed by atoms with Gasteiger partial charge in [-0.25, -0.2) is 0 Å². The number of para-hydroxylation sites is 1. The van der Waals surface area contributed by atoms with Crippen molar-refractivity contribution in [3.05, 3.63) is 44.7 Å². The smallest absolute Gasteiger partial charge is 0.357 e. The number of likely N-dealkylation sites (tertiary alicyclic amines) is 1.